The van der Waals surface area contributed by atoms with Crippen LogP contribution >= 0.6 is 24.0 Å². The monoisotopic (exact) mass is 550 g/mol. The molecule has 2 rings (SSSR count). The van der Waals surface area contributed by atoms with Crippen molar-refractivity contribution in [3.05, 3.63) is 59.9 Å². The molecule has 0 aromatic heterocycles. The van der Waals surface area contributed by atoms with Crippen molar-refractivity contribution in [3.63, 3.8) is 0 Å². The molecule has 1 unspecified atom stereocenters. The van der Waals surface area contributed by atoms with Crippen LogP contribution in [0.2, 0.25) is 0 Å². The van der Waals surface area contributed by atoms with Gasteiger partial charge in [0, 0.05) is 6.54 Å². The lowest BCUT2D eigenvalue weighted by Gasteiger charge is -2.18. The van der Waals surface area contributed by atoms with E-state index in [9.17, 15) is 12.8 Å². The van der Waals surface area contributed by atoms with Gasteiger partial charge in [-0.1, -0.05) is 24.3 Å². The number of hydrogen-bond acceptors (Lipinski definition) is 4. The molecule has 0 heterocycles. The summed E-state index contributed by atoms with van der Waals surface area (Å²) in [4.78, 5) is 4.67. The predicted octanol–water partition coefficient (Wildman–Crippen LogP) is 2.87. The molecule has 0 saturated carbocycles. The zero-order valence-corrected chi connectivity index (χ0v) is 20.3. The summed E-state index contributed by atoms with van der Waals surface area (Å²) >= 11 is 0. The number of ether oxygens (including phenoxy) is 1. The van der Waals surface area contributed by atoms with Gasteiger partial charge in [0.15, 0.2) is 17.5 Å². The predicted molar refractivity (Wildman–Crippen MR) is 127 cm³/mol. The van der Waals surface area contributed by atoms with Crippen LogP contribution in [0, 0.1) is 5.82 Å². The van der Waals surface area contributed by atoms with E-state index < -0.39 is 15.8 Å². The molecule has 0 radical (unpaired) electrons. The molecule has 0 saturated heterocycles. The minimum absolute atomic E-state index is 0. The van der Waals surface area contributed by atoms with Crippen molar-refractivity contribution >= 4 is 40.0 Å². The number of benzene rings is 2. The SMILES string of the molecule is CCNC(=NCc1cccc(S(=O)(=O)NC)c1)NCC(C)Oc1ccccc1F.I. The summed E-state index contributed by atoms with van der Waals surface area (Å²) < 4.78 is 45.5. The van der Waals surface area contributed by atoms with Crippen molar-refractivity contribution in [1.29, 1.82) is 0 Å². The van der Waals surface area contributed by atoms with Gasteiger partial charge in [-0.25, -0.2) is 22.5 Å². The zero-order chi connectivity index (χ0) is 21.3. The minimum Gasteiger partial charge on any atom is -0.486 e. The highest BCUT2D eigenvalue weighted by Gasteiger charge is 2.12. The first-order valence-corrected chi connectivity index (χ1v) is 10.8. The summed E-state index contributed by atoms with van der Waals surface area (Å²) in [6.45, 7) is 5.13. The van der Waals surface area contributed by atoms with Crippen LogP contribution in [0.3, 0.4) is 0 Å². The molecule has 10 heteroatoms. The average molecular weight is 550 g/mol. The number of aliphatic imine (C=N–C) groups is 1. The van der Waals surface area contributed by atoms with E-state index in [1.807, 2.05) is 19.9 Å². The van der Waals surface area contributed by atoms with Gasteiger partial charge in [0.05, 0.1) is 18.0 Å². The molecule has 2 aromatic rings. The van der Waals surface area contributed by atoms with Crippen LogP contribution in [0.15, 0.2) is 58.4 Å². The fourth-order valence-corrected chi connectivity index (χ4v) is 3.28. The second kappa shape index (κ2) is 12.7. The number of sulfonamides is 1. The highest BCUT2D eigenvalue weighted by Crippen LogP contribution is 2.16. The molecule has 7 nitrogen and oxygen atoms in total. The fourth-order valence-electron chi connectivity index (χ4n) is 2.48. The molecule has 0 bridgehead atoms. The van der Waals surface area contributed by atoms with Gasteiger partial charge in [-0.05, 0) is 50.7 Å². The van der Waals surface area contributed by atoms with Crippen LogP contribution in [0.1, 0.15) is 19.4 Å². The summed E-state index contributed by atoms with van der Waals surface area (Å²) in [7, 11) is -2.13. The van der Waals surface area contributed by atoms with Crippen molar-refractivity contribution in [2.75, 3.05) is 20.1 Å². The molecule has 166 valence electrons. The Labute approximate surface area is 194 Å². The Morgan fingerprint density at radius 2 is 1.90 bits per heavy atom. The van der Waals surface area contributed by atoms with Gasteiger partial charge in [0.1, 0.15) is 6.10 Å². The largest absolute Gasteiger partial charge is 0.486 e. The van der Waals surface area contributed by atoms with E-state index in [0.29, 0.717) is 25.6 Å². The number of para-hydroxylation sites is 1. The molecule has 1 atom stereocenters. The summed E-state index contributed by atoms with van der Waals surface area (Å²) in [5.74, 6) is 0.348. The van der Waals surface area contributed by atoms with Crippen LogP contribution in [0.5, 0.6) is 5.75 Å². The Bertz CT molecular complexity index is 941. The minimum atomic E-state index is -3.50. The second-order valence-electron chi connectivity index (χ2n) is 6.29. The Kier molecular flexibility index (Phi) is 11.1. The number of nitrogens with one attached hydrogen (secondary N) is 3. The van der Waals surface area contributed by atoms with Crippen molar-refractivity contribution in [3.8, 4) is 5.75 Å². The molecule has 0 fully saturated rings. The van der Waals surface area contributed by atoms with Gasteiger partial charge >= 0.3 is 0 Å². The molecule has 30 heavy (non-hydrogen) atoms. The van der Waals surface area contributed by atoms with Crippen LogP contribution in [-0.2, 0) is 16.6 Å². The Balaban J connectivity index is 0.00000450. The number of rotatable bonds is 9. The number of halogens is 2. The molecular weight excluding hydrogens is 522 g/mol. The van der Waals surface area contributed by atoms with Crippen LogP contribution in [0.25, 0.3) is 0 Å². The standard InChI is InChI=1S/C20H27FN4O3S.HI/c1-4-23-20(24-13-15(2)28-19-11-6-5-10-18(19)21)25-14-16-8-7-9-17(12-16)29(26,27)22-3;/h5-12,15,22H,4,13-14H2,1-3H3,(H2,23,24,25);1H. The molecule has 0 spiro atoms. The summed E-state index contributed by atoms with van der Waals surface area (Å²) in [5.41, 5.74) is 0.759. The van der Waals surface area contributed by atoms with Crippen molar-refractivity contribution < 1.29 is 17.5 Å². The number of hydrogen-bond donors (Lipinski definition) is 3. The Hall–Kier alpha value is -1.92. The van der Waals surface area contributed by atoms with E-state index in [4.69, 9.17) is 4.74 Å². The fraction of sp³-hybridized carbons (Fsp3) is 0.350. The van der Waals surface area contributed by atoms with E-state index in [1.54, 1.807) is 30.3 Å². The molecular formula is C20H28FIN4O3S. The maximum Gasteiger partial charge on any atom is 0.240 e. The normalized spacial score (nSPS) is 12.6. The third-order valence-electron chi connectivity index (χ3n) is 3.96. The van der Waals surface area contributed by atoms with Gasteiger partial charge in [0.2, 0.25) is 10.0 Å². The lowest BCUT2D eigenvalue weighted by atomic mass is 10.2. The van der Waals surface area contributed by atoms with Crippen molar-refractivity contribution in [2.45, 2.75) is 31.4 Å². The molecule has 2 aromatic carbocycles. The third-order valence-corrected chi connectivity index (χ3v) is 5.38. The first-order chi connectivity index (χ1) is 13.9. The second-order valence-corrected chi connectivity index (χ2v) is 8.18. The highest BCUT2D eigenvalue weighted by atomic mass is 127. The third kappa shape index (κ3) is 8.07. The summed E-state index contributed by atoms with van der Waals surface area (Å²) in [6.07, 6.45) is -0.292. The molecule has 0 aliphatic heterocycles. The Morgan fingerprint density at radius 1 is 1.17 bits per heavy atom. The maximum atomic E-state index is 13.7. The lowest BCUT2D eigenvalue weighted by molar-refractivity contribution is 0.214. The van der Waals surface area contributed by atoms with E-state index in [1.165, 1.54) is 19.2 Å². The number of nitrogens with zero attached hydrogens (tertiary/aromatic N) is 1. The quantitative estimate of drug-likeness (QED) is 0.254. The van der Waals surface area contributed by atoms with E-state index in [2.05, 4.69) is 20.3 Å². The first-order valence-electron chi connectivity index (χ1n) is 9.31. The van der Waals surface area contributed by atoms with Gasteiger partial charge < -0.3 is 15.4 Å². The van der Waals surface area contributed by atoms with E-state index in [-0.39, 0.29) is 40.7 Å². The van der Waals surface area contributed by atoms with E-state index in [0.717, 1.165) is 5.56 Å². The van der Waals surface area contributed by atoms with Crippen LogP contribution in [0.4, 0.5) is 4.39 Å². The highest BCUT2D eigenvalue weighted by molar-refractivity contribution is 14.0. The molecule has 0 aliphatic rings. The average Bonchev–Trinajstić information content (AvgIpc) is 2.72. The van der Waals surface area contributed by atoms with Gasteiger partial charge in [-0.3, -0.25) is 0 Å². The topological polar surface area (TPSA) is 91.8 Å². The number of guanidine groups is 1. The van der Waals surface area contributed by atoms with Crippen molar-refractivity contribution in [1.82, 2.24) is 15.4 Å². The summed E-state index contributed by atoms with van der Waals surface area (Å²) in [5, 5.41) is 6.27. The Morgan fingerprint density at radius 3 is 2.57 bits per heavy atom. The first kappa shape index (κ1) is 26.1. The smallest absolute Gasteiger partial charge is 0.240 e. The van der Waals surface area contributed by atoms with Crippen LogP contribution < -0.4 is 20.1 Å². The van der Waals surface area contributed by atoms with Crippen molar-refractivity contribution in [2.24, 2.45) is 4.99 Å². The molecule has 0 amide bonds. The van der Waals surface area contributed by atoms with E-state index >= 15 is 0 Å². The van der Waals surface area contributed by atoms with Gasteiger partial charge in [-0.2, -0.15) is 0 Å². The van der Waals surface area contributed by atoms with Crippen LogP contribution in [-0.4, -0.2) is 40.6 Å². The van der Waals surface area contributed by atoms with Gasteiger partial charge in [-0.15, -0.1) is 24.0 Å². The van der Waals surface area contributed by atoms with Gasteiger partial charge in [0.25, 0.3) is 0 Å². The maximum absolute atomic E-state index is 13.7. The lowest BCUT2D eigenvalue weighted by Crippen LogP contribution is -2.41. The summed E-state index contributed by atoms with van der Waals surface area (Å²) in [6, 6.07) is 12.9. The molecule has 3 N–H and O–H groups in total. The molecule has 0 aliphatic carbocycles. The zero-order valence-electron chi connectivity index (χ0n) is 17.2.